The van der Waals surface area contributed by atoms with E-state index in [0.29, 0.717) is 25.2 Å². The monoisotopic (exact) mass is 526 g/mol. The fourth-order valence-corrected chi connectivity index (χ4v) is 3.25. The summed E-state index contributed by atoms with van der Waals surface area (Å²) in [7, 11) is 0. The number of halogens is 1. The first-order chi connectivity index (χ1) is 14.1. The van der Waals surface area contributed by atoms with Crippen LogP contribution in [0.3, 0.4) is 0 Å². The van der Waals surface area contributed by atoms with Gasteiger partial charge in [0.2, 0.25) is 11.8 Å². The van der Waals surface area contributed by atoms with Gasteiger partial charge in [0.05, 0.1) is 4.92 Å². The predicted octanol–water partition coefficient (Wildman–Crippen LogP) is 4.15. The molecule has 1 fully saturated rings. The van der Waals surface area contributed by atoms with Crippen molar-refractivity contribution in [3.63, 3.8) is 0 Å². The molecule has 0 bridgehead atoms. The van der Waals surface area contributed by atoms with E-state index in [4.69, 9.17) is 4.74 Å². The van der Waals surface area contributed by atoms with Crippen LogP contribution in [0.4, 0.5) is 27.9 Å². The minimum Gasteiger partial charge on any atom is -0.444 e. The highest BCUT2D eigenvalue weighted by Crippen LogP contribution is 2.27. The van der Waals surface area contributed by atoms with Crippen molar-refractivity contribution in [2.45, 2.75) is 38.8 Å². The SMILES string of the molecule is CC(C)(C)OC(=O)N1CC[C@@H](Nc2ncc([N+](=O)[O-])c(Nc3ccc(I)cc3)n2)C1. The average Bonchev–Trinajstić information content (AvgIpc) is 3.11. The van der Waals surface area contributed by atoms with Crippen molar-refractivity contribution in [3.05, 3.63) is 44.1 Å². The predicted molar refractivity (Wildman–Crippen MR) is 121 cm³/mol. The quantitative estimate of drug-likeness (QED) is 0.339. The zero-order valence-electron chi connectivity index (χ0n) is 16.9. The van der Waals surface area contributed by atoms with Gasteiger partial charge in [0, 0.05) is 28.4 Å². The van der Waals surface area contributed by atoms with Crippen molar-refractivity contribution >= 4 is 51.8 Å². The Morgan fingerprint density at radius 3 is 2.67 bits per heavy atom. The largest absolute Gasteiger partial charge is 0.444 e. The minimum atomic E-state index is -0.555. The lowest BCUT2D eigenvalue weighted by molar-refractivity contribution is -0.384. The van der Waals surface area contributed by atoms with E-state index in [1.54, 1.807) is 4.90 Å². The number of rotatable bonds is 5. The maximum Gasteiger partial charge on any atom is 0.410 e. The molecular formula is C19H23IN6O4. The van der Waals surface area contributed by atoms with E-state index in [-0.39, 0.29) is 29.6 Å². The smallest absolute Gasteiger partial charge is 0.410 e. The number of likely N-dealkylation sites (tertiary alicyclic amines) is 1. The van der Waals surface area contributed by atoms with E-state index in [2.05, 4.69) is 43.2 Å². The van der Waals surface area contributed by atoms with Crippen LogP contribution in [0.15, 0.2) is 30.5 Å². The molecule has 2 aromatic rings. The minimum absolute atomic E-state index is 0.0786. The molecule has 2 heterocycles. The number of carbonyl (C=O) groups excluding carboxylic acids is 1. The van der Waals surface area contributed by atoms with Crippen LogP contribution in [0.25, 0.3) is 0 Å². The van der Waals surface area contributed by atoms with Gasteiger partial charge in [-0.3, -0.25) is 10.1 Å². The molecule has 30 heavy (non-hydrogen) atoms. The molecule has 1 aliphatic heterocycles. The van der Waals surface area contributed by atoms with Crippen molar-refractivity contribution in [2.75, 3.05) is 23.7 Å². The van der Waals surface area contributed by atoms with Crippen molar-refractivity contribution in [1.82, 2.24) is 14.9 Å². The summed E-state index contributed by atoms with van der Waals surface area (Å²) in [5.41, 5.74) is -0.0961. The van der Waals surface area contributed by atoms with Gasteiger partial charge in [-0.2, -0.15) is 4.98 Å². The molecule has 1 aromatic heterocycles. The number of nitrogens with zero attached hydrogens (tertiary/aromatic N) is 4. The third-order valence-electron chi connectivity index (χ3n) is 4.25. The molecule has 1 saturated heterocycles. The van der Waals surface area contributed by atoms with Gasteiger partial charge in [-0.25, -0.2) is 9.78 Å². The topological polar surface area (TPSA) is 123 Å². The zero-order chi connectivity index (χ0) is 21.9. The second-order valence-electron chi connectivity index (χ2n) is 7.87. The second-order valence-corrected chi connectivity index (χ2v) is 9.12. The van der Waals surface area contributed by atoms with E-state index < -0.39 is 10.5 Å². The van der Waals surface area contributed by atoms with Crippen LogP contribution in [0.1, 0.15) is 27.2 Å². The zero-order valence-corrected chi connectivity index (χ0v) is 19.0. The highest BCUT2D eigenvalue weighted by molar-refractivity contribution is 14.1. The Morgan fingerprint density at radius 1 is 1.33 bits per heavy atom. The fourth-order valence-electron chi connectivity index (χ4n) is 2.89. The highest BCUT2D eigenvalue weighted by Gasteiger charge is 2.30. The van der Waals surface area contributed by atoms with Gasteiger partial charge in [-0.15, -0.1) is 0 Å². The number of amides is 1. The van der Waals surface area contributed by atoms with Gasteiger partial charge in [0.1, 0.15) is 11.8 Å². The molecule has 2 N–H and O–H groups in total. The molecule has 0 saturated carbocycles. The molecule has 10 nitrogen and oxygen atoms in total. The number of aromatic nitrogens is 2. The lowest BCUT2D eigenvalue weighted by Crippen LogP contribution is -2.36. The van der Waals surface area contributed by atoms with Gasteiger partial charge in [0.15, 0.2) is 0 Å². The lowest BCUT2D eigenvalue weighted by Gasteiger charge is -2.24. The summed E-state index contributed by atoms with van der Waals surface area (Å²) in [5.74, 6) is 0.352. The molecule has 3 rings (SSSR count). The molecule has 11 heteroatoms. The summed E-state index contributed by atoms with van der Waals surface area (Å²) in [6.07, 6.45) is 1.50. The maximum absolute atomic E-state index is 12.2. The fraction of sp³-hybridized carbons (Fsp3) is 0.421. The molecule has 0 radical (unpaired) electrons. The third kappa shape index (κ3) is 5.90. The number of carbonyl (C=O) groups is 1. The summed E-state index contributed by atoms with van der Waals surface area (Å²) in [6.45, 7) is 6.46. The molecule has 1 amide bonds. The van der Waals surface area contributed by atoms with Crippen LogP contribution in [-0.2, 0) is 4.74 Å². The summed E-state index contributed by atoms with van der Waals surface area (Å²) >= 11 is 2.18. The van der Waals surface area contributed by atoms with Gasteiger partial charge >= 0.3 is 11.8 Å². The Kier molecular flexibility index (Phi) is 6.58. The van der Waals surface area contributed by atoms with E-state index in [9.17, 15) is 14.9 Å². The van der Waals surface area contributed by atoms with Crippen LogP contribution in [0, 0.1) is 13.7 Å². The summed E-state index contributed by atoms with van der Waals surface area (Å²) in [5, 5.41) is 17.5. The highest BCUT2D eigenvalue weighted by atomic mass is 127. The van der Waals surface area contributed by atoms with E-state index in [1.807, 2.05) is 45.0 Å². The normalized spacial score (nSPS) is 16.3. The number of anilines is 3. The second kappa shape index (κ2) is 8.98. The molecule has 1 atom stereocenters. The average molecular weight is 526 g/mol. The molecule has 0 unspecified atom stereocenters. The van der Waals surface area contributed by atoms with Crippen LogP contribution in [-0.4, -0.2) is 50.6 Å². The first-order valence-electron chi connectivity index (χ1n) is 9.39. The standard InChI is InChI=1S/C19H23IN6O4/c1-19(2,3)30-18(27)25-9-8-14(11-25)23-17-21-10-15(26(28)29)16(24-17)22-13-6-4-12(20)5-7-13/h4-7,10,14H,8-9,11H2,1-3H3,(H2,21,22,23,24)/t14-/m1/s1. The number of hydrogen-bond acceptors (Lipinski definition) is 8. The maximum atomic E-state index is 12.2. The lowest BCUT2D eigenvalue weighted by atomic mass is 10.2. The van der Waals surface area contributed by atoms with Crippen LogP contribution < -0.4 is 10.6 Å². The molecule has 1 aliphatic rings. The molecule has 0 spiro atoms. The summed E-state index contributed by atoms with van der Waals surface area (Å²) in [4.78, 5) is 33.0. The first-order valence-corrected chi connectivity index (χ1v) is 10.5. The van der Waals surface area contributed by atoms with Gasteiger partial charge in [-0.1, -0.05) is 0 Å². The molecule has 1 aromatic carbocycles. The molecular weight excluding hydrogens is 503 g/mol. The number of benzene rings is 1. The number of hydrogen-bond donors (Lipinski definition) is 2. The van der Waals surface area contributed by atoms with Crippen molar-refractivity contribution in [2.24, 2.45) is 0 Å². The Hall–Kier alpha value is -2.70. The molecule has 160 valence electrons. The Balaban J connectivity index is 1.70. The Labute approximate surface area is 187 Å². The van der Waals surface area contributed by atoms with Crippen LogP contribution in [0.5, 0.6) is 0 Å². The summed E-state index contributed by atoms with van der Waals surface area (Å²) < 4.78 is 6.45. The first kappa shape index (κ1) is 22.0. The number of nitrogens with one attached hydrogen (secondary N) is 2. The van der Waals surface area contributed by atoms with Gasteiger partial charge < -0.3 is 20.3 Å². The summed E-state index contributed by atoms with van der Waals surface area (Å²) in [6, 6.07) is 7.33. The number of ether oxygens (including phenoxy) is 1. The van der Waals surface area contributed by atoms with Crippen LogP contribution >= 0.6 is 22.6 Å². The Morgan fingerprint density at radius 2 is 2.03 bits per heavy atom. The Bertz CT molecular complexity index is 932. The third-order valence-corrected chi connectivity index (χ3v) is 4.97. The van der Waals surface area contributed by atoms with Gasteiger partial charge in [-0.05, 0) is 74.0 Å². The number of nitro groups is 1. The van der Waals surface area contributed by atoms with E-state index in [0.717, 1.165) is 3.57 Å². The van der Waals surface area contributed by atoms with E-state index in [1.165, 1.54) is 6.20 Å². The van der Waals surface area contributed by atoms with Crippen molar-refractivity contribution in [3.8, 4) is 0 Å². The van der Waals surface area contributed by atoms with E-state index >= 15 is 0 Å². The van der Waals surface area contributed by atoms with Crippen LogP contribution in [0.2, 0.25) is 0 Å². The molecule has 0 aliphatic carbocycles. The van der Waals surface area contributed by atoms with Crippen molar-refractivity contribution < 1.29 is 14.5 Å². The van der Waals surface area contributed by atoms with Crippen molar-refractivity contribution in [1.29, 1.82) is 0 Å². The van der Waals surface area contributed by atoms with Gasteiger partial charge in [0.25, 0.3) is 0 Å².